The highest BCUT2D eigenvalue weighted by Crippen LogP contribution is 2.21. The minimum Gasteiger partial charge on any atom is -0.396 e. The number of piperidine rings is 1. The monoisotopic (exact) mass is 311 g/mol. The maximum absolute atomic E-state index is 12.1. The number of nitrogens with zero attached hydrogens (tertiary/aromatic N) is 2. The van der Waals surface area contributed by atoms with Crippen LogP contribution in [0.3, 0.4) is 0 Å². The number of aliphatic hydroxyl groups excluding tert-OH is 1. The Morgan fingerprint density at radius 2 is 1.86 bits per heavy atom. The third-order valence-electron chi connectivity index (χ3n) is 5.32. The summed E-state index contributed by atoms with van der Waals surface area (Å²) in [5.41, 5.74) is 0. The second-order valence-corrected chi connectivity index (χ2v) is 6.97. The van der Waals surface area contributed by atoms with Crippen LogP contribution in [0.4, 0.5) is 4.79 Å². The van der Waals surface area contributed by atoms with Gasteiger partial charge in [-0.1, -0.05) is 19.3 Å². The van der Waals surface area contributed by atoms with Crippen LogP contribution < -0.4 is 5.32 Å². The summed E-state index contributed by atoms with van der Waals surface area (Å²) in [7, 11) is 2.22. The van der Waals surface area contributed by atoms with Crippen molar-refractivity contribution < 1.29 is 9.90 Å². The Morgan fingerprint density at radius 3 is 2.50 bits per heavy atom. The number of likely N-dealkylation sites (tertiary alicyclic amines) is 1. The van der Waals surface area contributed by atoms with Gasteiger partial charge in [0, 0.05) is 32.3 Å². The lowest BCUT2D eigenvalue weighted by Crippen LogP contribution is -2.45. The highest BCUT2D eigenvalue weighted by molar-refractivity contribution is 5.74. The van der Waals surface area contributed by atoms with E-state index in [1.165, 1.54) is 32.1 Å². The average Bonchev–Trinajstić information content (AvgIpc) is 2.59. The highest BCUT2D eigenvalue weighted by Gasteiger charge is 2.22. The topological polar surface area (TPSA) is 55.8 Å². The Balaban J connectivity index is 1.55. The molecule has 1 aliphatic carbocycles. The molecule has 2 fully saturated rings. The van der Waals surface area contributed by atoms with Gasteiger partial charge in [0.05, 0.1) is 0 Å². The molecule has 1 aliphatic heterocycles. The van der Waals surface area contributed by atoms with Gasteiger partial charge in [-0.3, -0.25) is 0 Å². The fraction of sp³-hybridized carbons (Fsp3) is 0.941. The molecule has 2 aliphatic rings. The van der Waals surface area contributed by atoms with Crippen LogP contribution >= 0.6 is 0 Å². The number of hydrogen-bond acceptors (Lipinski definition) is 3. The number of hydrogen-bond donors (Lipinski definition) is 2. The van der Waals surface area contributed by atoms with Gasteiger partial charge < -0.3 is 20.2 Å². The smallest absolute Gasteiger partial charge is 0.317 e. The average molecular weight is 311 g/mol. The van der Waals surface area contributed by atoms with Crippen molar-refractivity contribution in [2.45, 2.75) is 57.4 Å². The predicted molar refractivity (Wildman–Crippen MR) is 88.9 cm³/mol. The van der Waals surface area contributed by atoms with Crippen LogP contribution in [0.2, 0.25) is 0 Å². The molecule has 5 heteroatoms. The van der Waals surface area contributed by atoms with Gasteiger partial charge in [0.25, 0.3) is 0 Å². The van der Waals surface area contributed by atoms with E-state index in [-0.39, 0.29) is 12.6 Å². The van der Waals surface area contributed by atoms with E-state index in [2.05, 4.69) is 17.3 Å². The number of carbonyl (C=O) groups is 1. The first-order valence-corrected chi connectivity index (χ1v) is 9.04. The zero-order valence-corrected chi connectivity index (χ0v) is 14.1. The molecule has 0 unspecified atom stereocenters. The van der Waals surface area contributed by atoms with Crippen LogP contribution in [0.5, 0.6) is 0 Å². The van der Waals surface area contributed by atoms with Gasteiger partial charge in [-0.15, -0.1) is 0 Å². The molecule has 2 N–H and O–H groups in total. The van der Waals surface area contributed by atoms with E-state index in [0.29, 0.717) is 5.92 Å². The minimum absolute atomic E-state index is 0.0664. The van der Waals surface area contributed by atoms with Crippen molar-refractivity contribution in [1.29, 1.82) is 0 Å². The van der Waals surface area contributed by atoms with Gasteiger partial charge in [0.2, 0.25) is 0 Å². The lowest BCUT2D eigenvalue weighted by Gasteiger charge is -2.32. The minimum atomic E-state index is 0.0664. The predicted octanol–water partition coefficient (Wildman–Crippen LogP) is 2.05. The molecule has 0 aromatic rings. The van der Waals surface area contributed by atoms with Gasteiger partial charge in [0.15, 0.2) is 0 Å². The van der Waals surface area contributed by atoms with Crippen molar-refractivity contribution >= 4 is 6.03 Å². The normalized spacial score (nSPS) is 21.3. The number of carbonyl (C=O) groups excluding carboxylic acids is 1. The lowest BCUT2D eigenvalue weighted by atomic mass is 9.94. The van der Waals surface area contributed by atoms with Gasteiger partial charge in [-0.2, -0.15) is 0 Å². The molecule has 1 heterocycles. The third kappa shape index (κ3) is 5.43. The Bertz CT molecular complexity index is 324. The van der Waals surface area contributed by atoms with E-state index in [9.17, 15) is 4.79 Å². The summed E-state index contributed by atoms with van der Waals surface area (Å²) in [6.07, 6.45) is 9.68. The van der Waals surface area contributed by atoms with Gasteiger partial charge in [0.1, 0.15) is 0 Å². The molecular formula is C17H33N3O2. The van der Waals surface area contributed by atoms with E-state index in [0.717, 1.165) is 51.5 Å². The summed E-state index contributed by atoms with van der Waals surface area (Å²) in [6.45, 7) is 3.63. The summed E-state index contributed by atoms with van der Waals surface area (Å²) < 4.78 is 0. The maximum Gasteiger partial charge on any atom is 0.317 e. The molecule has 2 amide bonds. The molecule has 2 rings (SSSR count). The van der Waals surface area contributed by atoms with Crippen LogP contribution in [0.15, 0.2) is 0 Å². The Kier molecular flexibility index (Phi) is 7.46. The quantitative estimate of drug-likeness (QED) is 0.738. The molecule has 5 nitrogen and oxygen atoms in total. The van der Waals surface area contributed by atoms with Crippen molar-refractivity contribution in [2.24, 2.45) is 5.92 Å². The SMILES string of the molecule is CN(CCCNC(=O)N1CCC(CO)CC1)C1CCCCC1. The van der Waals surface area contributed by atoms with Crippen molar-refractivity contribution in [1.82, 2.24) is 15.1 Å². The first-order valence-electron chi connectivity index (χ1n) is 9.04. The molecule has 22 heavy (non-hydrogen) atoms. The third-order valence-corrected chi connectivity index (χ3v) is 5.32. The standard InChI is InChI=1S/C17H33N3O2/c1-19(16-6-3-2-4-7-16)11-5-10-18-17(22)20-12-8-15(14-21)9-13-20/h15-16,21H,2-14H2,1H3,(H,18,22). The summed E-state index contributed by atoms with van der Waals surface area (Å²) >= 11 is 0. The second kappa shape index (κ2) is 9.36. The Hall–Kier alpha value is -0.810. The molecule has 128 valence electrons. The van der Waals surface area contributed by atoms with E-state index < -0.39 is 0 Å². The molecular weight excluding hydrogens is 278 g/mol. The fourth-order valence-corrected chi connectivity index (χ4v) is 3.66. The molecule has 0 aromatic carbocycles. The van der Waals surface area contributed by atoms with Gasteiger partial charge in [-0.05, 0) is 51.6 Å². The van der Waals surface area contributed by atoms with Crippen LogP contribution in [0, 0.1) is 5.92 Å². The van der Waals surface area contributed by atoms with Crippen LogP contribution in [-0.2, 0) is 0 Å². The zero-order valence-electron chi connectivity index (χ0n) is 14.1. The Morgan fingerprint density at radius 1 is 1.18 bits per heavy atom. The molecule has 0 aromatic heterocycles. The zero-order chi connectivity index (χ0) is 15.8. The molecule has 0 spiro atoms. The van der Waals surface area contributed by atoms with Crippen LogP contribution in [0.1, 0.15) is 51.4 Å². The number of urea groups is 1. The summed E-state index contributed by atoms with van der Waals surface area (Å²) in [6, 6.07) is 0.818. The first kappa shape index (κ1) is 17.5. The lowest BCUT2D eigenvalue weighted by molar-refractivity contribution is 0.137. The van der Waals surface area contributed by atoms with Crippen molar-refractivity contribution in [3.05, 3.63) is 0 Å². The van der Waals surface area contributed by atoms with Crippen molar-refractivity contribution in [3.63, 3.8) is 0 Å². The van der Waals surface area contributed by atoms with Crippen molar-refractivity contribution in [3.8, 4) is 0 Å². The number of rotatable bonds is 6. The van der Waals surface area contributed by atoms with Crippen LogP contribution in [0.25, 0.3) is 0 Å². The second-order valence-electron chi connectivity index (χ2n) is 6.97. The van der Waals surface area contributed by atoms with Crippen LogP contribution in [-0.4, -0.2) is 66.8 Å². The Labute approximate surface area is 135 Å². The molecule has 1 saturated carbocycles. The molecule has 0 bridgehead atoms. The largest absolute Gasteiger partial charge is 0.396 e. The van der Waals surface area contributed by atoms with E-state index >= 15 is 0 Å². The highest BCUT2D eigenvalue weighted by atomic mass is 16.3. The first-order chi connectivity index (χ1) is 10.7. The van der Waals surface area contributed by atoms with Gasteiger partial charge in [-0.25, -0.2) is 4.79 Å². The van der Waals surface area contributed by atoms with E-state index in [1.54, 1.807) is 0 Å². The molecule has 0 atom stereocenters. The summed E-state index contributed by atoms with van der Waals surface area (Å²) in [5.74, 6) is 0.383. The summed E-state index contributed by atoms with van der Waals surface area (Å²) in [4.78, 5) is 16.4. The number of amides is 2. The summed E-state index contributed by atoms with van der Waals surface area (Å²) in [5, 5.41) is 12.2. The number of aliphatic hydroxyl groups is 1. The fourth-order valence-electron chi connectivity index (χ4n) is 3.66. The van der Waals surface area contributed by atoms with E-state index in [1.807, 2.05) is 4.90 Å². The molecule has 0 radical (unpaired) electrons. The van der Waals surface area contributed by atoms with E-state index in [4.69, 9.17) is 5.11 Å². The van der Waals surface area contributed by atoms with Gasteiger partial charge >= 0.3 is 6.03 Å². The number of nitrogens with one attached hydrogen (secondary N) is 1. The maximum atomic E-state index is 12.1. The molecule has 1 saturated heterocycles. The van der Waals surface area contributed by atoms with Crippen molar-refractivity contribution in [2.75, 3.05) is 39.8 Å².